The molecule has 0 amide bonds. The molecule has 0 aliphatic rings. The molecule has 25 heavy (non-hydrogen) atoms. The third kappa shape index (κ3) is 4.52. The summed E-state index contributed by atoms with van der Waals surface area (Å²) in [6.07, 6.45) is 9.41. The topological polar surface area (TPSA) is 4.93 Å². The summed E-state index contributed by atoms with van der Waals surface area (Å²) in [5.41, 5.74) is 3.41. The molecule has 0 fully saturated rings. The van der Waals surface area contributed by atoms with Crippen LogP contribution in [0.4, 0.5) is 0 Å². The molecule has 0 radical (unpaired) electrons. The lowest BCUT2D eigenvalue weighted by molar-refractivity contribution is 0.670. The van der Waals surface area contributed by atoms with Crippen LogP contribution < -0.4 is 0 Å². The summed E-state index contributed by atoms with van der Waals surface area (Å²) in [6, 6.07) is 21.8. The Bertz CT molecular complexity index is 824. The number of rotatable bonds is 7. The van der Waals surface area contributed by atoms with Gasteiger partial charge in [0.25, 0.3) is 0 Å². The minimum Gasteiger partial charge on any atom is -0.347 e. The number of hydrogen-bond acceptors (Lipinski definition) is 0. The molecule has 1 heterocycles. The lowest BCUT2D eigenvalue weighted by Crippen LogP contribution is -2.29. The Balaban J connectivity index is 1.60. The van der Waals surface area contributed by atoms with Gasteiger partial charge in [-0.15, -0.1) is 0 Å². The zero-order valence-electron chi connectivity index (χ0n) is 15.7. The van der Waals surface area contributed by atoms with Gasteiger partial charge in [0.2, 0.25) is 0 Å². The van der Waals surface area contributed by atoms with Crippen molar-refractivity contribution in [2.24, 2.45) is 0 Å². The first-order valence-corrected chi connectivity index (χ1v) is 12.9. The highest BCUT2D eigenvalue weighted by Crippen LogP contribution is 2.28. The molecule has 2 aromatic carbocycles. The molecule has 3 rings (SSSR count). The van der Waals surface area contributed by atoms with Crippen molar-refractivity contribution in [1.29, 1.82) is 0 Å². The summed E-state index contributed by atoms with van der Waals surface area (Å²) >= 11 is 0. The van der Waals surface area contributed by atoms with Crippen LogP contribution in [0.3, 0.4) is 0 Å². The van der Waals surface area contributed by atoms with Gasteiger partial charge >= 0.3 is 0 Å². The number of hydrogen-bond donors (Lipinski definition) is 0. The first kappa shape index (κ1) is 17.8. The van der Waals surface area contributed by atoms with Crippen LogP contribution >= 0.6 is 0 Å². The van der Waals surface area contributed by atoms with Crippen molar-refractivity contribution in [2.45, 2.75) is 44.6 Å². The summed E-state index contributed by atoms with van der Waals surface area (Å²) in [5, 5.41) is 1.33. The molecule has 0 aliphatic carbocycles. The van der Waals surface area contributed by atoms with Gasteiger partial charge in [-0.25, -0.2) is 0 Å². The fourth-order valence-corrected chi connectivity index (χ4v) is 5.41. The van der Waals surface area contributed by atoms with E-state index in [4.69, 9.17) is 0 Å². The van der Waals surface area contributed by atoms with Crippen LogP contribution in [-0.2, 0) is 6.54 Å². The Hall–Kier alpha value is -2.06. The number of fused-ring (bicyclic) bond motifs is 1. The number of unbranched alkanes of at least 4 members (excludes halogenated alkanes) is 1. The highest BCUT2D eigenvalue weighted by molar-refractivity contribution is 6.78. The van der Waals surface area contributed by atoms with Crippen LogP contribution in [0.5, 0.6) is 0 Å². The molecular weight excluding hydrogens is 318 g/mol. The second-order valence-corrected chi connectivity index (χ2v) is 13.2. The van der Waals surface area contributed by atoms with Crippen LogP contribution in [0.25, 0.3) is 10.9 Å². The summed E-state index contributed by atoms with van der Waals surface area (Å²) < 4.78 is 2.37. The van der Waals surface area contributed by atoms with Crippen molar-refractivity contribution < 1.29 is 0 Å². The van der Waals surface area contributed by atoms with E-state index in [2.05, 4.69) is 103 Å². The molecule has 1 aromatic heterocycles. The third-order valence-corrected chi connectivity index (χ3v) is 7.26. The van der Waals surface area contributed by atoms with Crippen LogP contribution in [0.1, 0.15) is 23.9 Å². The highest BCUT2D eigenvalue weighted by atomic mass is 28.3. The van der Waals surface area contributed by atoms with Gasteiger partial charge in [-0.1, -0.05) is 80.3 Å². The van der Waals surface area contributed by atoms with Gasteiger partial charge in [0, 0.05) is 18.3 Å². The number of aryl methyl sites for hydroxylation is 1. The van der Waals surface area contributed by atoms with E-state index in [0.29, 0.717) is 5.54 Å². The molecule has 2 heteroatoms. The van der Waals surface area contributed by atoms with Gasteiger partial charge in [0.05, 0.1) is 8.07 Å². The molecule has 1 atom stereocenters. The fourth-order valence-electron chi connectivity index (χ4n) is 3.51. The van der Waals surface area contributed by atoms with Gasteiger partial charge in [0.1, 0.15) is 0 Å². The second-order valence-electron chi connectivity index (χ2n) is 7.89. The maximum absolute atomic E-state index is 2.47. The average molecular weight is 348 g/mol. The average Bonchev–Trinajstić information content (AvgIpc) is 3.01. The first-order valence-electron chi connectivity index (χ1n) is 9.31. The van der Waals surface area contributed by atoms with E-state index in [1.165, 1.54) is 22.9 Å². The first-order chi connectivity index (χ1) is 12.1. The Kier molecular flexibility index (Phi) is 5.59. The quantitative estimate of drug-likeness (QED) is 0.256. The van der Waals surface area contributed by atoms with E-state index in [1.807, 2.05) is 0 Å². The van der Waals surface area contributed by atoms with Crippen LogP contribution in [0.15, 0.2) is 79.0 Å². The van der Waals surface area contributed by atoms with Crippen LogP contribution in [-0.4, -0.2) is 12.6 Å². The minimum absolute atomic E-state index is 0.598. The molecule has 0 saturated carbocycles. The van der Waals surface area contributed by atoms with Gasteiger partial charge in [-0.2, -0.15) is 0 Å². The third-order valence-electron chi connectivity index (χ3n) is 4.87. The molecule has 0 saturated heterocycles. The lowest BCUT2D eigenvalue weighted by atomic mass is 10.1. The Morgan fingerprint density at radius 2 is 1.64 bits per heavy atom. The highest BCUT2D eigenvalue weighted by Gasteiger charge is 2.25. The van der Waals surface area contributed by atoms with Crippen molar-refractivity contribution in [2.75, 3.05) is 0 Å². The molecule has 0 spiro atoms. The van der Waals surface area contributed by atoms with Crippen molar-refractivity contribution in [3.05, 3.63) is 84.6 Å². The Morgan fingerprint density at radius 3 is 2.40 bits per heavy atom. The number of allylic oxidation sites excluding steroid dienone is 2. The summed E-state index contributed by atoms with van der Waals surface area (Å²) in [5.74, 6) is 0. The predicted octanol–water partition coefficient (Wildman–Crippen LogP) is 6.64. The molecule has 1 nitrogen and oxygen atoms in total. The predicted molar refractivity (Wildman–Crippen MR) is 113 cm³/mol. The minimum atomic E-state index is -1.27. The zero-order chi connectivity index (χ0) is 17.7. The number of para-hydroxylation sites is 1. The van der Waals surface area contributed by atoms with Crippen LogP contribution in [0, 0.1) is 0 Å². The van der Waals surface area contributed by atoms with Crippen LogP contribution in [0.2, 0.25) is 19.6 Å². The van der Waals surface area contributed by atoms with Gasteiger partial charge in [-0.3, -0.25) is 0 Å². The smallest absolute Gasteiger partial charge is 0.0565 e. The van der Waals surface area contributed by atoms with Crippen molar-refractivity contribution in [3.8, 4) is 0 Å². The molecule has 0 aliphatic heterocycles. The van der Waals surface area contributed by atoms with E-state index < -0.39 is 8.07 Å². The maximum atomic E-state index is 2.47. The van der Waals surface area contributed by atoms with Crippen molar-refractivity contribution in [3.63, 3.8) is 0 Å². The maximum Gasteiger partial charge on any atom is 0.0565 e. The molecule has 0 N–H and O–H groups in total. The van der Waals surface area contributed by atoms with E-state index in [1.54, 1.807) is 0 Å². The standard InChI is InChI=1S/C23H29NSi/c1-25(2,3)23(21-13-6-4-7-14-21)16-8-5-11-18-24-19-17-20-12-9-10-15-22(20)24/h4,6-10,12-17,19,23H,5,11,18H2,1-3H3/b16-8+/t23-/m0/s1. The SMILES string of the molecule is C[Si](C)(C)[C@@H](/C=C/CCCn1ccc2ccccc21)c1ccccc1. The summed E-state index contributed by atoms with van der Waals surface area (Å²) in [7, 11) is -1.27. The summed E-state index contributed by atoms with van der Waals surface area (Å²) in [6.45, 7) is 8.46. The van der Waals surface area contributed by atoms with E-state index in [9.17, 15) is 0 Å². The number of benzene rings is 2. The van der Waals surface area contributed by atoms with E-state index in [-0.39, 0.29) is 0 Å². The molecular formula is C23H29NSi. The van der Waals surface area contributed by atoms with E-state index >= 15 is 0 Å². The largest absolute Gasteiger partial charge is 0.347 e. The monoisotopic (exact) mass is 347 g/mol. The van der Waals surface area contributed by atoms with Gasteiger partial charge in [-0.05, 0) is 41.5 Å². The second kappa shape index (κ2) is 7.88. The van der Waals surface area contributed by atoms with Crippen molar-refractivity contribution >= 4 is 19.0 Å². The Labute approximate surface area is 153 Å². The van der Waals surface area contributed by atoms with Gasteiger partial charge in [0.15, 0.2) is 0 Å². The normalized spacial score (nSPS) is 13.6. The zero-order valence-corrected chi connectivity index (χ0v) is 16.7. The lowest BCUT2D eigenvalue weighted by Gasteiger charge is -2.26. The number of aromatic nitrogens is 1. The molecule has 130 valence electrons. The van der Waals surface area contributed by atoms with Gasteiger partial charge < -0.3 is 4.57 Å². The molecule has 3 aromatic rings. The number of nitrogens with zero attached hydrogens (tertiary/aromatic N) is 1. The Morgan fingerprint density at radius 1 is 0.920 bits per heavy atom. The fraction of sp³-hybridized carbons (Fsp3) is 0.304. The molecule has 0 unspecified atom stereocenters. The summed E-state index contributed by atoms with van der Waals surface area (Å²) in [4.78, 5) is 0. The molecule has 0 bridgehead atoms. The van der Waals surface area contributed by atoms with Crippen molar-refractivity contribution in [1.82, 2.24) is 4.57 Å². The van der Waals surface area contributed by atoms with E-state index in [0.717, 1.165) is 13.0 Å².